The number of carbonyl (C=O) groups excluding carboxylic acids is 1. The predicted octanol–water partition coefficient (Wildman–Crippen LogP) is 6.23. The molecule has 152 valence electrons. The Morgan fingerprint density at radius 2 is 2.00 bits per heavy atom. The molecule has 1 atom stereocenters. The predicted molar refractivity (Wildman–Crippen MR) is 121 cm³/mol. The van der Waals surface area contributed by atoms with Crippen LogP contribution in [-0.2, 0) is 13.2 Å². The van der Waals surface area contributed by atoms with Crippen LogP contribution in [-0.4, -0.2) is 21.8 Å². The van der Waals surface area contributed by atoms with Crippen LogP contribution in [0.5, 0.6) is 5.75 Å². The first-order valence-electron chi connectivity index (χ1n) is 9.65. The number of aryl methyl sites for hydroxylation is 1. The first-order chi connectivity index (χ1) is 14.0. The number of aromatic nitrogens is 1. The maximum absolute atomic E-state index is 13.1. The standard InChI is InChI=1S/C23H25BrN2O2S/c1-4-17(3)26(23(27)18-6-5-7-19(24)12-18)13-20-15-29-22(25-20)14-28-21-10-8-16(2)9-11-21/h5-12,15,17H,4,13-14H2,1-3H3. The molecule has 6 heteroatoms. The number of rotatable bonds is 8. The Bertz CT molecular complexity index is 956. The Balaban J connectivity index is 1.68. The molecule has 1 unspecified atom stereocenters. The number of thiazole rings is 1. The minimum Gasteiger partial charge on any atom is -0.486 e. The Kier molecular flexibility index (Phi) is 7.45. The van der Waals surface area contributed by atoms with Gasteiger partial charge in [0.05, 0.1) is 12.2 Å². The van der Waals surface area contributed by atoms with Crippen LogP contribution in [0.4, 0.5) is 0 Å². The Hall–Kier alpha value is -2.18. The average molecular weight is 473 g/mol. The molecular formula is C23H25BrN2O2S. The van der Waals surface area contributed by atoms with E-state index in [4.69, 9.17) is 4.74 Å². The highest BCUT2D eigenvalue weighted by atomic mass is 79.9. The number of hydrogen-bond acceptors (Lipinski definition) is 4. The molecule has 1 aromatic heterocycles. The molecule has 1 amide bonds. The van der Waals surface area contributed by atoms with E-state index in [0.717, 1.165) is 27.3 Å². The fourth-order valence-electron chi connectivity index (χ4n) is 2.88. The second-order valence-corrected chi connectivity index (χ2v) is 8.89. The zero-order valence-corrected chi connectivity index (χ0v) is 19.3. The summed E-state index contributed by atoms with van der Waals surface area (Å²) >= 11 is 5.01. The van der Waals surface area contributed by atoms with Crippen LogP contribution >= 0.6 is 27.3 Å². The first-order valence-corrected chi connectivity index (χ1v) is 11.3. The summed E-state index contributed by atoms with van der Waals surface area (Å²) in [5.74, 6) is 0.851. The Morgan fingerprint density at radius 3 is 2.69 bits per heavy atom. The lowest BCUT2D eigenvalue weighted by Gasteiger charge is -2.28. The SMILES string of the molecule is CCC(C)N(Cc1csc(COc2ccc(C)cc2)n1)C(=O)c1cccc(Br)c1. The maximum atomic E-state index is 13.1. The molecule has 0 saturated carbocycles. The number of halogens is 1. The molecule has 3 aromatic rings. The lowest BCUT2D eigenvalue weighted by Crippen LogP contribution is -2.37. The normalized spacial score (nSPS) is 11.9. The fraction of sp³-hybridized carbons (Fsp3) is 0.304. The van der Waals surface area contributed by atoms with E-state index in [9.17, 15) is 4.79 Å². The Labute approximate surface area is 184 Å². The van der Waals surface area contributed by atoms with Gasteiger partial charge in [-0.1, -0.05) is 46.6 Å². The zero-order valence-electron chi connectivity index (χ0n) is 16.9. The van der Waals surface area contributed by atoms with Crippen LogP contribution in [0.3, 0.4) is 0 Å². The van der Waals surface area contributed by atoms with Gasteiger partial charge < -0.3 is 9.64 Å². The molecule has 1 heterocycles. The summed E-state index contributed by atoms with van der Waals surface area (Å²) in [6.45, 7) is 7.13. The topological polar surface area (TPSA) is 42.4 Å². The van der Waals surface area contributed by atoms with Gasteiger partial charge in [-0.3, -0.25) is 4.79 Å². The van der Waals surface area contributed by atoms with E-state index >= 15 is 0 Å². The molecular weight excluding hydrogens is 448 g/mol. The van der Waals surface area contributed by atoms with Crippen LogP contribution in [0.2, 0.25) is 0 Å². The van der Waals surface area contributed by atoms with E-state index in [2.05, 4.69) is 41.7 Å². The highest BCUT2D eigenvalue weighted by Crippen LogP contribution is 2.20. The summed E-state index contributed by atoms with van der Waals surface area (Å²) < 4.78 is 6.73. The number of nitrogens with zero attached hydrogens (tertiary/aromatic N) is 2. The van der Waals surface area contributed by atoms with Crippen LogP contribution in [0.15, 0.2) is 58.4 Å². The van der Waals surface area contributed by atoms with Gasteiger partial charge in [0, 0.05) is 21.5 Å². The van der Waals surface area contributed by atoms with Gasteiger partial charge in [-0.2, -0.15) is 0 Å². The smallest absolute Gasteiger partial charge is 0.254 e. The van der Waals surface area contributed by atoms with Gasteiger partial charge in [0.2, 0.25) is 0 Å². The lowest BCUT2D eigenvalue weighted by atomic mass is 10.1. The van der Waals surface area contributed by atoms with Crippen molar-refractivity contribution in [1.82, 2.24) is 9.88 Å². The number of hydrogen-bond donors (Lipinski definition) is 0. The van der Waals surface area contributed by atoms with E-state index in [1.165, 1.54) is 5.56 Å². The summed E-state index contributed by atoms with van der Waals surface area (Å²) in [7, 11) is 0. The zero-order chi connectivity index (χ0) is 20.8. The van der Waals surface area contributed by atoms with Crippen molar-refractivity contribution in [1.29, 1.82) is 0 Å². The molecule has 0 spiro atoms. The summed E-state index contributed by atoms with van der Waals surface area (Å²) in [6.07, 6.45) is 0.882. The average Bonchev–Trinajstić information content (AvgIpc) is 3.18. The Morgan fingerprint density at radius 1 is 1.24 bits per heavy atom. The lowest BCUT2D eigenvalue weighted by molar-refractivity contribution is 0.0669. The van der Waals surface area contributed by atoms with Gasteiger partial charge >= 0.3 is 0 Å². The van der Waals surface area contributed by atoms with Crippen molar-refractivity contribution in [3.8, 4) is 5.75 Å². The number of carbonyl (C=O) groups is 1. The van der Waals surface area contributed by atoms with Crippen LogP contribution in [0, 0.1) is 6.92 Å². The molecule has 0 fully saturated rings. The largest absolute Gasteiger partial charge is 0.486 e. The van der Waals surface area contributed by atoms with Gasteiger partial charge in [0.15, 0.2) is 0 Å². The third kappa shape index (κ3) is 5.90. The van der Waals surface area contributed by atoms with E-state index in [1.54, 1.807) is 11.3 Å². The van der Waals surface area contributed by atoms with Crippen molar-refractivity contribution in [3.05, 3.63) is 80.2 Å². The monoisotopic (exact) mass is 472 g/mol. The third-order valence-corrected chi connectivity index (χ3v) is 6.13. The summed E-state index contributed by atoms with van der Waals surface area (Å²) in [6, 6.07) is 15.6. The molecule has 0 saturated heterocycles. The minimum atomic E-state index is 0.0195. The van der Waals surface area contributed by atoms with E-state index < -0.39 is 0 Å². The van der Waals surface area contributed by atoms with Gasteiger partial charge in [-0.05, 0) is 50.6 Å². The molecule has 0 radical (unpaired) electrons. The molecule has 2 aromatic carbocycles. The molecule has 0 aliphatic heterocycles. The van der Waals surface area contributed by atoms with Crippen molar-refractivity contribution < 1.29 is 9.53 Å². The molecule has 29 heavy (non-hydrogen) atoms. The van der Waals surface area contributed by atoms with Crippen LogP contribution in [0.1, 0.15) is 46.9 Å². The van der Waals surface area contributed by atoms with Crippen molar-refractivity contribution in [2.24, 2.45) is 0 Å². The first kappa shape index (κ1) is 21.5. The van der Waals surface area contributed by atoms with Crippen LogP contribution < -0.4 is 4.74 Å². The van der Waals surface area contributed by atoms with Crippen molar-refractivity contribution in [2.45, 2.75) is 46.4 Å². The summed E-state index contributed by atoms with van der Waals surface area (Å²) in [5, 5.41) is 2.91. The van der Waals surface area contributed by atoms with Gasteiger partial charge in [-0.25, -0.2) is 4.98 Å². The van der Waals surface area contributed by atoms with E-state index in [1.807, 2.05) is 58.8 Å². The second-order valence-electron chi connectivity index (χ2n) is 7.03. The molecule has 0 N–H and O–H groups in total. The number of benzene rings is 2. The summed E-state index contributed by atoms with van der Waals surface area (Å²) in [5.41, 5.74) is 2.77. The highest BCUT2D eigenvalue weighted by Gasteiger charge is 2.22. The maximum Gasteiger partial charge on any atom is 0.254 e. The van der Waals surface area contributed by atoms with Gasteiger partial charge in [-0.15, -0.1) is 11.3 Å². The molecule has 0 aliphatic carbocycles. The summed E-state index contributed by atoms with van der Waals surface area (Å²) in [4.78, 5) is 19.7. The molecule has 3 rings (SSSR count). The third-order valence-electron chi connectivity index (χ3n) is 4.77. The van der Waals surface area contributed by atoms with Gasteiger partial charge in [0.25, 0.3) is 5.91 Å². The molecule has 0 bridgehead atoms. The number of amides is 1. The van der Waals surface area contributed by atoms with E-state index in [0.29, 0.717) is 18.7 Å². The number of ether oxygens (including phenoxy) is 1. The highest BCUT2D eigenvalue weighted by molar-refractivity contribution is 9.10. The van der Waals surface area contributed by atoms with E-state index in [-0.39, 0.29) is 11.9 Å². The van der Waals surface area contributed by atoms with Gasteiger partial charge in [0.1, 0.15) is 17.4 Å². The minimum absolute atomic E-state index is 0.0195. The fourth-order valence-corrected chi connectivity index (χ4v) is 3.97. The van der Waals surface area contributed by atoms with Crippen molar-refractivity contribution >= 4 is 33.2 Å². The molecule has 0 aliphatic rings. The quantitative estimate of drug-likeness (QED) is 0.389. The van der Waals surface area contributed by atoms with Crippen LogP contribution in [0.25, 0.3) is 0 Å². The second kappa shape index (κ2) is 10.0. The van der Waals surface area contributed by atoms with Crippen molar-refractivity contribution in [2.75, 3.05) is 0 Å². The van der Waals surface area contributed by atoms with Crippen molar-refractivity contribution in [3.63, 3.8) is 0 Å². The molecule has 4 nitrogen and oxygen atoms in total.